The Morgan fingerprint density at radius 2 is 1.54 bits per heavy atom. The highest BCUT2D eigenvalue weighted by molar-refractivity contribution is 5.80. The van der Waals surface area contributed by atoms with Gasteiger partial charge in [0.15, 0.2) is 0 Å². The van der Waals surface area contributed by atoms with Gasteiger partial charge in [-0.3, -0.25) is 4.79 Å². The van der Waals surface area contributed by atoms with Crippen LogP contribution in [0.3, 0.4) is 0 Å². The van der Waals surface area contributed by atoms with Crippen molar-refractivity contribution in [2.75, 3.05) is 0 Å². The van der Waals surface area contributed by atoms with Crippen LogP contribution in [-0.2, 0) is 9.59 Å². The van der Waals surface area contributed by atoms with Crippen molar-refractivity contribution in [2.24, 2.45) is 5.92 Å². The molecule has 0 aliphatic rings. The summed E-state index contributed by atoms with van der Waals surface area (Å²) >= 11 is 0. The molecule has 0 aromatic rings. The van der Waals surface area contributed by atoms with Gasteiger partial charge in [0.2, 0.25) is 0 Å². The Morgan fingerprint density at radius 3 is 2.00 bits per heavy atom. The third kappa shape index (κ3) is 7.69. The Balaban J connectivity index is 3.26. The second-order valence-electron chi connectivity index (χ2n) is 3.88. The van der Waals surface area contributed by atoms with Crippen LogP contribution < -0.4 is 0 Å². The average molecular weight is 184 g/mol. The number of rotatable bonds is 7. The van der Waals surface area contributed by atoms with Gasteiger partial charge in [-0.25, -0.2) is 0 Å². The standard InChI is InChI=1S/C11H20O2/c1-9(2)11(13)8-6-4-5-7-10(3)12/h9H,4-8H2,1-3H3. The molecule has 0 heterocycles. The molecule has 0 unspecified atom stereocenters. The molecule has 0 radical (unpaired) electrons. The molecule has 0 atom stereocenters. The quantitative estimate of drug-likeness (QED) is 0.570. The molecule has 76 valence electrons. The van der Waals surface area contributed by atoms with E-state index < -0.39 is 0 Å². The van der Waals surface area contributed by atoms with Crippen molar-refractivity contribution in [2.45, 2.75) is 52.9 Å². The summed E-state index contributed by atoms with van der Waals surface area (Å²) in [6.45, 7) is 5.47. The van der Waals surface area contributed by atoms with Crippen molar-refractivity contribution in [3.63, 3.8) is 0 Å². The van der Waals surface area contributed by atoms with Gasteiger partial charge in [-0.2, -0.15) is 0 Å². The first-order valence-electron chi connectivity index (χ1n) is 5.06. The number of Topliss-reactive ketones (excluding diaryl/α,β-unsaturated/α-hetero) is 2. The number of hydrogen-bond acceptors (Lipinski definition) is 2. The van der Waals surface area contributed by atoms with E-state index in [0.717, 1.165) is 19.3 Å². The van der Waals surface area contributed by atoms with Gasteiger partial charge in [0.05, 0.1) is 0 Å². The van der Waals surface area contributed by atoms with Crippen LogP contribution in [0.25, 0.3) is 0 Å². The van der Waals surface area contributed by atoms with E-state index in [1.54, 1.807) is 6.92 Å². The van der Waals surface area contributed by atoms with Gasteiger partial charge in [0.25, 0.3) is 0 Å². The van der Waals surface area contributed by atoms with E-state index in [4.69, 9.17) is 0 Å². The van der Waals surface area contributed by atoms with E-state index in [2.05, 4.69) is 0 Å². The topological polar surface area (TPSA) is 34.1 Å². The van der Waals surface area contributed by atoms with Gasteiger partial charge in [0.1, 0.15) is 11.6 Å². The minimum absolute atomic E-state index is 0.160. The molecule has 2 heteroatoms. The van der Waals surface area contributed by atoms with Crippen LogP contribution in [0.5, 0.6) is 0 Å². The molecule has 0 aromatic carbocycles. The fourth-order valence-corrected chi connectivity index (χ4v) is 1.14. The lowest BCUT2D eigenvalue weighted by Crippen LogP contribution is -2.06. The zero-order valence-electron chi connectivity index (χ0n) is 8.93. The summed E-state index contributed by atoms with van der Waals surface area (Å²) in [5.74, 6) is 0.741. The lowest BCUT2D eigenvalue weighted by molar-refractivity contribution is -0.122. The van der Waals surface area contributed by atoms with E-state index in [0.29, 0.717) is 18.6 Å². The summed E-state index contributed by atoms with van der Waals surface area (Å²) < 4.78 is 0. The number of unbranched alkanes of at least 4 members (excludes halogenated alkanes) is 2. The van der Waals surface area contributed by atoms with Gasteiger partial charge in [-0.15, -0.1) is 0 Å². The predicted octanol–water partition coefficient (Wildman–Crippen LogP) is 2.75. The number of ketones is 2. The molecule has 0 N–H and O–H groups in total. The van der Waals surface area contributed by atoms with Gasteiger partial charge in [-0.1, -0.05) is 20.3 Å². The fourth-order valence-electron chi connectivity index (χ4n) is 1.14. The zero-order chi connectivity index (χ0) is 10.3. The van der Waals surface area contributed by atoms with E-state index >= 15 is 0 Å². The molecule has 2 nitrogen and oxygen atoms in total. The van der Waals surface area contributed by atoms with E-state index in [1.165, 1.54) is 0 Å². The van der Waals surface area contributed by atoms with Crippen molar-refractivity contribution in [1.82, 2.24) is 0 Å². The molecule has 0 fully saturated rings. The molecule has 0 saturated carbocycles. The molecule has 0 aliphatic heterocycles. The first-order chi connectivity index (χ1) is 6.04. The lowest BCUT2D eigenvalue weighted by atomic mass is 10.0. The van der Waals surface area contributed by atoms with Crippen LogP contribution in [-0.4, -0.2) is 11.6 Å². The first kappa shape index (κ1) is 12.3. The molecule has 0 spiro atoms. The summed E-state index contributed by atoms with van der Waals surface area (Å²) in [5, 5.41) is 0. The minimum Gasteiger partial charge on any atom is -0.300 e. The van der Waals surface area contributed by atoms with Crippen molar-refractivity contribution in [3.8, 4) is 0 Å². The predicted molar refractivity (Wildman–Crippen MR) is 53.6 cm³/mol. The van der Waals surface area contributed by atoms with Crippen LogP contribution in [0.15, 0.2) is 0 Å². The molecule has 13 heavy (non-hydrogen) atoms. The highest BCUT2D eigenvalue weighted by atomic mass is 16.1. The van der Waals surface area contributed by atoms with Crippen molar-refractivity contribution < 1.29 is 9.59 Å². The molecule has 0 rings (SSSR count). The Bertz CT molecular complexity index is 171. The van der Waals surface area contributed by atoms with Crippen LogP contribution >= 0.6 is 0 Å². The SMILES string of the molecule is CC(=O)CCCCCC(=O)C(C)C. The Labute approximate surface area is 80.7 Å². The number of carbonyl (C=O) groups is 2. The summed E-state index contributed by atoms with van der Waals surface area (Å²) in [6.07, 6.45) is 4.20. The monoisotopic (exact) mass is 184 g/mol. The Hall–Kier alpha value is -0.660. The summed E-state index contributed by atoms with van der Waals surface area (Å²) in [4.78, 5) is 21.8. The summed E-state index contributed by atoms with van der Waals surface area (Å²) in [7, 11) is 0. The molecule has 0 saturated heterocycles. The maximum atomic E-state index is 11.2. The minimum atomic E-state index is 0.160. The second-order valence-corrected chi connectivity index (χ2v) is 3.88. The molecular weight excluding hydrogens is 164 g/mol. The number of carbonyl (C=O) groups excluding carboxylic acids is 2. The molecule has 0 aromatic heterocycles. The smallest absolute Gasteiger partial charge is 0.135 e. The van der Waals surface area contributed by atoms with Crippen molar-refractivity contribution >= 4 is 11.6 Å². The van der Waals surface area contributed by atoms with Crippen LogP contribution in [0.2, 0.25) is 0 Å². The number of hydrogen-bond donors (Lipinski definition) is 0. The Kier molecular flexibility index (Phi) is 6.47. The van der Waals surface area contributed by atoms with Gasteiger partial charge >= 0.3 is 0 Å². The largest absolute Gasteiger partial charge is 0.300 e. The van der Waals surface area contributed by atoms with Crippen molar-refractivity contribution in [1.29, 1.82) is 0 Å². The third-order valence-electron chi connectivity index (χ3n) is 2.10. The molecule has 0 aliphatic carbocycles. The normalized spacial score (nSPS) is 10.5. The first-order valence-corrected chi connectivity index (χ1v) is 5.06. The molecule has 0 amide bonds. The third-order valence-corrected chi connectivity index (χ3v) is 2.10. The second kappa shape index (κ2) is 6.81. The average Bonchev–Trinajstić information content (AvgIpc) is 2.02. The van der Waals surface area contributed by atoms with Crippen LogP contribution in [0.4, 0.5) is 0 Å². The lowest BCUT2D eigenvalue weighted by Gasteiger charge is -2.02. The van der Waals surface area contributed by atoms with Gasteiger partial charge < -0.3 is 4.79 Å². The van der Waals surface area contributed by atoms with E-state index in [-0.39, 0.29) is 11.7 Å². The fraction of sp³-hybridized carbons (Fsp3) is 0.818. The van der Waals surface area contributed by atoms with E-state index in [9.17, 15) is 9.59 Å². The van der Waals surface area contributed by atoms with Crippen LogP contribution in [0, 0.1) is 5.92 Å². The van der Waals surface area contributed by atoms with E-state index in [1.807, 2.05) is 13.8 Å². The van der Waals surface area contributed by atoms with Crippen LogP contribution in [0.1, 0.15) is 52.9 Å². The molecular formula is C11H20O2. The van der Waals surface area contributed by atoms with Crippen molar-refractivity contribution in [3.05, 3.63) is 0 Å². The maximum Gasteiger partial charge on any atom is 0.135 e. The summed E-state index contributed by atoms with van der Waals surface area (Å²) in [6, 6.07) is 0. The van der Waals surface area contributed by atoms with Gasteiger partial charge in [-0.05, 0) is 19.8 Å². The highest BCUT2D eigenvalue weighted by Crippen LogP contribution is 2.07. The Morgan fingerprint density at radius 1 is 1.00 bits per heavy atom. The van der Waals surface area contributed by atoms with Gasteiger partial charge in [0, 0.05) is 18.8 Å². The summed E-state index contributed by atoms with van der Waals surface area (Å²) in [5.41, 5.74) is 0. The highest BCUT2D eigenvalue weighted by Gasteiger charge is 2.05. The maximum absolute atomic E-state index is 11.2. The molecule has 0 bridgehead atoms. The zero-order valence-corrected chi connectivity index (χ0v) is 8.93.